The Bertz CT molecular complexity index is 1880. The predicted octanol–water partition coefficient (Wildman–Crippen LogP) is 6.43. The summed E-state index contributed by atoms with van der Waals surface area (Å²) >= 11 is 0. The number of nitrogens with one attached hydrogen (secondary N) is 2. The van der Waals surface area contributed by atoms with Gasteiger partial charge in [-0.1, -0.05) is 13.0 Å². The summed E-state index contributed by atoms with van der Waals surface area (Å²) in [5.41, 5.74) is 6.64. The summed E-state index contributed by atoms with van der Waals surface area (Å²) in [6, 6.07) is 17.1. The fourth-order valence-electron chi connectivity index (χ4n) is 5.86. The van der Waals surface area contributed by atoms with Crippen molar-refractivity contribution in [3.8, 4) is 23.0 Å². The Morgan fingerprint density at radius 1 is 1.00 bits per heavy atom. The SMILES string of the molecule is CCC(=O)NCC1CCN(c2ccc(NC(=O)c3ccc(C)c(Oc4nc(-c5cccnc5)nc5ccn(C)c45)c3)cc2C)CC1. The van der Waals surface area contributed by atoms with Gasteiger partial charge in [0.25, 0.3) is 5.91 Å². The quantitative estimate of drug-likeness (QED) is 0.196. The van der Waals surface area contributed by atoms with Crippen molar-refractivity contribution in [2.45, 2.75) is 40.0 Å². The summed E-state index contributed by atoms with van der Waals surface area (Å²) < 4.78 is 8.33. The molecule has 46 heavy (non-hydrogen) atoms. The van der Waals surface area contributed by atoms with Crippen molar-refractivity contribution in [2.75, 3.05) is 29.9 Å². The zero-order valence-corrected chi connectivity index (χ0v) is 26.7. The number of carbonyl (C=O) groups excluding carboxylic acids is 2. The van der Waals surface area contributed by atoms with Crippen LogP contribution in [0.15, 0.2) is 73.2 Å². The smallest absolute Gasteiger partial charge is 0.255 e. The molecule has 10 nitrogen and oxygen atoms in total. The maximum atomic E-state index is 13.4. The number of piperidine rings is 1. The number of anilines is 2. The van der Waals surface area contributed by atoms with Gasteiger partial charge in [-0.25, -0.2) is 4.98 Å². The fourth-order valence-corrected chi connectivity index (χ4v) is 5.86. The molecule has 5 aromatic rings. The lowest BCUT2D eigenvalue weighted by Gasteiger charge is -2.34. The second kappa shape index (κ2) is 13.4. The average Bonchev–Trinajstić information content (AvgIpc) is 3.45. The van der Waals surface area contributed by atoms with Crippen LogP contribution in [0, 0.1) is 19.8 Å². The van der Waals surface area contributed by atoms with E-state index < -0.39 is 0 Å². The number of hydrogen-bond donors (Lipinski definition) is 2. The van der Waals surface area contributed by atoms with Crippen LogP contribution in [-0.2, 0) is 11.8 Å². The third-order valence-electron chi connectivity index (χ3n) is 8.58. The first kappa shape index (κ1) is 30.8. The van der Waals surface area contributed by atoms with Crippen LogP contribution in [-0.4, -0.2) is 51.0 Å². The molecule has 4 heterocycles. The van der Waals surface area contributed by atoms with Gasteiger partial charge in [-0.3, -0.25) is 14.6 Å². The Morgan fingerprint density at radius 2 is 1.83 bits per heavy atom. The van der Waals surface area contributed by atoms with Gasteiger partial charge in [-0.15, -0.1) is 0 Å². The van der Waals surface area contributed by atoms with Crippen molar-refractivity contribution in [1.29, 1.82) is 0 Å². The van der Waals surface area contributed by atoms with Gasteiger partial charge >= 0.3 is 0 Å². The van der Waals surface area contributed by atoms with E-state index in [-0.39, 0.29) is 11.8 Å². The van der Waals surface area contributed by atoms with E-state index in [1.807, 2.05) is 68.1 Å². The molecule has 1 aliphatic rings. The van der Waals surface area contributed by atoms with Crippen LogP contribution in [0.25, 0.3) is 22.4 Å². The van der Waals surface area contributed by atoms with E-state index in [1.165, 1.54) is 5.69 Å². The second-order valence-corrected chi connectivity index (χ2v) is 11.9. The number of benzene rings is 2. The first-order valence-corrected chi connectivity index (χ1v) is 15.7. The molecule has 236 valence electrons. The number of pyridine rings is 1. The molecule has 0 atom stereocenters. The van der Waals surface area contributed by atoms with Gasteiger partial charge in [0.15, 0.2) is 5.82 Å². The van der Waals surface area contributed by atoms with Crippen LogP contribution < -0.4 is 20.3 Å². The van der Waals surface area contributed by atoms with Gasteiger partial charge in [-0.2, -0.15) is 4.98 Å². The molecule has 0 aliphatic carbocycles. The number of carbonyl (C=O) groups is 2. The van der Waals surface area contributed by atoms with Crippen molar-refractivity contribution < 1.29 is 14.3 Å². The molecule has 2 aromatic carbocycles. The number of nitrogens with zero attached hydrogens (tertiary/aromatic N) is 5. The van der Waals surface area contributed by atoms with Gasteiger partial charge in [0.2, 0.25) is 11.8 Å². The highest BCUT2D eigenvalue weighted by Crippen LogP contribution is 2.33. The minimum Gasteiger partial charge on any atom is -0.437 e. The number of amides is 2. The van der Waals surface area contributed by atoms with Gasteiger partial charge in [0.1, 0.15) is 11.3 Å². The third kappa shape index (κ3) is 6.71. The molecular formula is C36H39N7O3. The van der Waals surface area contributed by atoms with Crippen LogP contribution in [0.5, 0.6) is 11.6 Å². The molecule has 0 saturated carbocycles. The standard InChI is InChI=1S/C36H39N7O3/c1-5-32(44)38-21-25-12-17-43(18-13-25)30-11-10-28(19-24(30)3)39-35(45)26-9-8-23(2)31(20-26)46-36-33-29(14-16-42(33)4)40-34(41-36)27-7-6-15-37-22-27/h6-11,14-16,19-20,22,25H,5,12-13,17-18,21H2,1-4H3,(H,38,44)(H,39,45). The lowest BCUT2D eigenvalue weighted by atomic mass is 9.95. The Kier molecular flexibility index (Phi) is 8.96. The normalized spacial score (nSPS) is 13.5. The van der Waals surface area contributed by atoms with Gasteiger partial charge < -0.3 is 24.8 Å². The van der Waals surface area contributed by atoms with Crippen LogP contribution in [0.4, 0.5) is 11.4 Å². The first-order valence-electron chi connectivity index (χ1n) is 15.7. The minimum atomic E-state index is -0.227. The number of hydrogen-bond acceptors (Lipinski definition) is 7. The molecule has 0 spiro atoms. The molecule has 10 heteroatoms. The monoisotopic (exact) mass is 617 g/mol. The summed E-state index contributed by atoms with van der Waals surface area (Å²) in [6.45, 7) is 8.52. The van der Waals surface area contributed by atoms with E-state index in [0.29, 0.717) is 35.4 Å². The second-order valence-electron chi connectivity index (χ2n) is 11.9. The maximum absolute atomic E-state index is 13.4. The van der Waals surface area contributed by atoms with E-state index in [2.05, 4.69) is 33.5 Å². The van der Waals surface area contributed by atoms with Crippen molar-refractivity contribution in [3.05, 3.63) is 89.9 Å². The predicted molar refractivity (Wildman–Crippen MR) is 180 cm³/mol. The number of aryl methyl sites for hydroxylation is 3. The number of fused-ring (bicyclic) bond motifs is 1. The van der Waals surface area contributed by atoms with Gasteiger partial charge in [-0.05, 0) is 92.3 Å². The molecule has 2 amide bonds. The molecule has 0 bridgehead atoms. The summed E-state index contributed by atoms with van der Waals surface area (Å²) in [6.07, 6.45) is 7.94. The highest BCUT2D eigenvalue weighted by atomic mass is 16.5. The highest BCUT2D eigenvalue weighted by Gasteiger charge is 2.22. The summed E-state index contributed by atoms with van der Waals surface area (Å²) in [5.74, 6) is 1.84. The Balaban J connectivity index is 1.16. The first-order chi connectivity index (χ1) is 22.3. The Morgan fingerprint density at radius 3 is 2.57 bits per heavy atom. The summed E-state index contributed by atoms with van der Waals surface area (Å²) in [4.78, 5) is 41.1. The molecular weight excluding hydrogens is 578 g/mol. The van der Waals surface area contributed by atoms with Crippen LogP contribution in [0.1, 0.15) is 47.7 Å². The number of rotatable bonds is 9. The van der Waals surface area contributed by atoms with E-state index >= 15 is 0 Å². The average molecular weight is 618 g/mol. The highest BCUT2D eigenvalue weighted by molar-refractivity contribution is 6.04. The van der Waals surface area contributed by atoms with Gasteiger partial charge in [0, 0.05) is 74.2 Å². The Labute approximate surface area is 268 Å². The fraction of sp³-hybridized carbons (Fsp3) is 0.306. The van der Waals surface area contributed by atoms with E-state index in [4.69, 9.17) is 14.7 Å². The molecule has 0 unspecified atom stereocenters. The summed E-state index contributed by atoms with van der Waals surface area (Å²) in [7, 11) is 1.92. The van der Waals surface area contributed by atoms with E-state index in [0.717, 1.165) is 65.9 Å². The molecule has 2 N–H and O–H groups in total. The van der Waals surface area contributed by atoms with Crippen molar-refractivity contribution in [1.82, 2.24) is 24.8 Å². The maximum Gasteiger partial charge on any atom is 0.255 e. The molecule has 1 fully saturated rings. The van der Waals surface area contributed by atoms with Crippen LogP contribution >= 0.6 is 0 Å². The van der Waals surface area contributed by atoms with Crippen molar-refractivity contribution in [2.24, 2.45) is 13.0 Å². The lowest BCUT2D eigenvalue weighted by Crippen LogP contribution is -2.38. The van der Waals surface area contributed by atoms with E-state index in [1.54, 1.807) is 24.5 Å². The molecule has 1 aliphatic heterocycles. The zero-order chi connectivity index (χ0) is 32.2. The minimum absolute atomic E-state index is 0.111. The molecule has 6 rings (SSSR count). The van der Waals surface area contributed by atoms with Crippen LogP contribution in [0.2, 0.25) is 0 Å². The number of ether oxygens (including phenoxy) is 1. The molecule has 3 aromatic heterocycles. The molecule has 1 saturated heterocycles. The van der Waals surface area contributed by atoms with Crippen molar-refractivity contribution >= 4 is 34.2 Å². The topological polar surface area (TPSA) is 114 Å². The number of aromatic nitrogens is 4. The van der Waals surface area contributed by atoms with E-state index in [9.17, 15) is 9.59 Å². The Hall–Kier alpha value is -5.25. The van der Waals surface area contributed by atoms with Crippen LogP contribution in [0.3, 0.4) is 0 Å². The van der Waals surface area contributed by atoms with Gasteiger partial charge in [0.05, 0.1) is 5.52 Å². The molecule has 0 radical (unpaired) electrons. The van der Waals surface area contributed by atoms with Crippen molar-refractivity contribution in [3.63, 3.8) is 0 Å². The third-order valence-corrected chi connectivity index (χ3v) is 8.58. The zero-order valence-electron chi connectivity index (χ0n) is 26.7. The lowest BCUT2D eigenvalue weighted by molar-refractivity contribution is -0.121. The summed E-state index contributed by atoms with van der Waals surface area (Å²) in [5, 5.41) is 6.08. The largest absolute Gasteiger partial charge is 0.437 e.